The fourth-order valence-electron chi connectivity index (χ4n) is 1.14. The summed E-state index contributed by atoms with van der Waals surface area (Å²) in [5.41, 5.74) is 5.75. The van der Waals surface area contributed by atoms with Gasteiger partial charge in [-0.25, -0.2) is 4.99 Å². The molecule has 90 valence electrons. The molecule has 1 rings (SSSR count). The minimum atomic E-state index is 0.533. The highest BCUT2D eigenvalue weighted by atomic mass is 79.9. The lowest BCUT2D eigenvalue weighted by molar-refractivity contribution is 0.576. The Kier molecular flexibility index (Phi) is 5.84. The van der Waals surface area contributed by atoms with E-state index in [0.717, 1.165) is 17.4 Å². The summed E-state index contributed by atoms with van der Waals surface area (Å²) >= 11 is 5.10. The Morgan fingerprint density at radius 3 is 2.94 bits per heavy atom. The summed E-state index contributed by atoms with van der Waals surface area (Å²) in [5, 5.41) is 5.16. The van der Waals surface area contributed by atoms with Crippen LogP contribution in [0.4, 0.5) is 0 Å². The number of nitrogens with one attached hydrogen (secondary N) is 1. The van der Waals surface area contributed by atoms with Gasteiger partial charge in [-0.2, -0.15) is 0 Å². The van der Waals surface area contributed by atoms with E-state index in [1.165, 1.54) is 4.88 Å². The average molecular weight is 304 g/mol. The number of halogens is 1. The van der Waals surface area contributed by atoms with Crippen LogP contribution in [0.3, 0.4) is 0 Å². The Morgan fingerprint density at radius 2 is 2.38 bits per heavy atom. The average Bonchev–Trinajstić information content (AvgIpc) is 2.61. The van der Waals surface area contributed by atoms with Crippen LogP contribution in [0.1, 0.15) is 25.1 Å². The molecule has 3 nitrogen and oxygen atoms in total. The first kappa shape index (κ1) is 13.5. The van der Waals surface area contributed by atoms with Gasteiger partial charge < -0.3 is 11.1 Å². The maximum absolute atomic E-state index is 5.75. The van der Waals surface area contributed by atoms with Gasteiger partial charge in [-0.1, -0.05) is 13.8 Å². The molecule has 16 heavy (non-hydrogen) atoms. The lowest BCUT2D eigenvalue weighted by Gasteiger charge is -2.06. The quantitative estimate of drug-likeness (QED) is 0.649. The number of nitrogens with two attached hydrogens (primary N) is 1. The molecule has 0 aliphatic rings. The number of aliphatic imine (C=N–C) groups is 1. The molecule has 0 aromatic carbocycles. The highest BCUT2D eigenvalue weighted by Gasteiger charge is 1.98. The van der Waals surface area contributed by atoms with Crippen LogP contribution in [0.25, 0.3) is 0 Å². The highest BCUT2D eigenvalue weighted by molar-refractivity contribution is 9.10. The van der Waals surface area contributed by atoms with E-state index in [1.807, 2.05) is 5.38 Å². The van der Waals surface area contributed by atoms with E-state index < -0.39 is 0 Å². The lowest BCUT2D eigenvalue weighted by atomic mass is 10.1. The van der Waals surface area contributed by atoms with Gasteiger partial charge in [0, 0.05) is 21.3 Å². The second kappa shape index (κ2) is 6.91. The van der Waals surface area contributed by atoms with Crippen molar-refractivity contribution >= 4 is 33.2 Å². The summed E-state index contributed by atoms with van der Waals surface area (Å²) in [7, 11) is 0. The molecule has 0 unspecified atom stereocenters. The molecule has 0 radical (unpaired) electrons. The molecule has 0 saturated heterocycles. The number of rotatable bonds is 5. The molecular weight excluding hydrogens is 286 g/mol. The van der Waals surface area contributed by atoms with E-state index in [-0.39, 0.29) is 0 Å². The normalized spacial score (nSPS) is 12.1. The molecule has 1 aromatic heterocycles. The molecule has 0 aliphatic carbocycles. The van der Waals surface area contributed by atoms with Crippen molar-refractivity contribution in [2.24, 2.45) is 16.6 Å². The van der Waals surface area contributed by atoms with Gasteiger partial charge in [-0.15, -0.1) is 11.3 Å². The van der Waals surface area contributed by atoms with Gasteiger partial charge in [0.15, 0.2) is 5.96 Å². The van der Waals surface area contributed by atoms with Crippen molar-refractivity contribution in [2.45, 2.75) is 26.8 Å². The summed E-state index contributed by atoms with van der Waals surface area (Å²) in [6, 6.07) is 2.07. The number of guanidine groups is 1. The van der Waals surface area contributed by atoms with Gasteiger partial charge in [0.05, 0.1) is 6.54 Å². The predicted molar refractivity (Wildman–Crippen MR) is 74.8 cm³/mol. The number of nitrogens with zero attached hydrogens (tertiary/aromatic N) is 1. The molecular formula is C11H18BrN3S. The minimum Gasteiger partial charge on any atom is -0.370 e. The smallest absolute Gasteiger partial charge is 0.188 e. The molecule has 0 saturated carbocycles. The molecule has 1 aromatic rings. The van der Waals surface area contributed by atoms with Gasteiger partial charge in [0.2, 0.25) is 0 Å². The summed E-state index contributed by atoms with van der Waals surface area (Å²) < 4.78 is 1.11. The van der Waals surface area contributed by atoms with Crippen molar-refractivity contribution in [3.05, 3.63) is 20.8 Å². The second-order valence-electron chi connectivity index (χ2n) is 4.04. The van der Waals surface area contributed by atoms with Gasteiger partial charge in [0.25, 0.3) is 0 Å². The third kappa shape index (κ3) is 5.51. The third-order valence-electron chi connectivity index (χ3n) is 2.05. The zero-order valence-electron chi connectivity index (χ0n) is 9.66. The maximum atomic E-state index is 5.75. The van der Waals surface area contributed by atoms with Crippen LogP contribution < -0.4 is 11.1 Å². The molecule has 5 heteroatoms. The summed E-state index contributed by atoms with van der Waals surface area (Å²) in [4.78, 5) is 5.49. The number of hydrogen-bond donors (Lipinski definition) is 2. The Morgan fingerprint density at radius 1 is 1.62 bits per heavy atom. The van der Waals surface area contributed by atoms with E-state index >= 15 is 0 Å². The first-order chi connectivity index (χ1) is 7.58. The van der Waals surface area contributed by atoms with Gasteiger partial charge >= 0.3 is 0 Å². The first-order valence-electron chi connectivity index (χ1n) is 5.34. The first-order valence-corrected chi connectivity index (χ1v) is 7.02. The van der Waals surface area contributed by atoms with E-state index in [4.69, 9.17) is 5.73 Å². The monoisotopic (exact) mass is 303 g/mol. The third-order valence-corrected chi connectivity index (χ3v) is 3.74. The van der Waals surface area contributed by atoms with Crippen LogP contribution in [0.15, 0.2) is 20.9 Å². The summed E-state index contributed by atoms with van der Waals surface area (Å²) in [5.74, 6) is 1.22. The molecule has 0 amide bonds. The Balaban J connectivity index is 2.28. The van der Waals surface area contributed by atoms with Gasteiger partial charge in [-0.3, -0.25) is 0 Å². The summed E-state index contributed by atoms with van der Waals surface area (Å²) in [6.07, 6.45) is 1.11. The van der Waals surface area contributed by atoms with Crippen molar-refractivity contribution in [1.82, 2.24) is 5.32 Å². The zero-order chi connectivity index (χ0) is 12.0. The predicted octanol–water partition coefficient (Wildman–Crippen LogP) is 2.96. The Hall–Kier alpha value is -0.550. The molecule has 3 N–H and O–H groups in total. The van der Waals surface area contributed by atoms with Crippen LogP contribution in [0.2, 0.25) is 0 Å². The number of thiophene rings is 1. The van der Waals surface area contributed by atoms with Crippen LogP contribution >= 0.6 is 27.3 Å². The minimum absolute atomic E-state index is 0.533. The van der Waals surface area contributed by atoms with Gasteiger partial charge in [-0.05, 0) is 34.3 Å². The fraction of sp³-hybridized carbons (Fsp3) is 0.545. The van der Waals surface area contributed by atoms with E-state index in [0.29, 0.717) is 18.4 Å². The van der Waals surface area contributed by atoms with Gasteiger partial charge in [0.1, 0.15) is 0 Å². The molecule has 0 bridgehead atoms. The molecule has 0 atom stereocenters. The Labute approximate surface area is 109 Å². The molecule has 0 spiro atoms. The van der Waals surface area contributed by atoms with Crippen molar-refractivity contribution in [1.29, 1.82) is 0 Å². The van der Waals surface area contributed by atoms with Crippen LogP contribution in [-0.2, 0) is 6.54 Å². The summed E-state index contributed by atoms with van der Waals surface area (Å²) in [6.45, 7) is 5.92. The van der Waals surface area contributed by atoms with Crippen molar-refractivity contribution in [3.8, 4) is 0 Å². The van der Waals surface area contributed by atoms with E-state index in [1.54, 1.807) is 11.3 Å². The largest absolute Gasteiger partial charge is 0.370 e. The second-order valence-corrected chi connectivity index (χ2v) is 5.95. The van der Waals surface area contributed by atoms with Crippen molar-refractivity contribution < 1.29 is 0 Å². The molecule has 1 heterocycles. The van der Waals surface area contributed by atoms with Crippen molar-refractivity contribution in [3.63, 3.8) is 0 Å². The maximum Gasteiger partial charge on any atom is 0.188 e. The molecule has 0 fully saturated rings. The zero-order valence-corrected chi connectivity index (χ0v) is 12.1. The van der Waals surface area contributed by atoms with E-state index in [2.05, 4.69) is 46.2 Å². The van der Waals surface area contributed by atoms with E-state index in [9.17, 15) is 0 Å². The van der Waals surface area contributed by atoms with Crippen LogP contribution in [0.5, 0.6) is 0 Å². The van der Waals surface area contributed by atoms with Crippen molar-refractivity contribution in [2.75, 3.05) is 6.54 Å². The number of hydrogen-bond acceptors (Lipinski definition) is 2. The molecule has 0 aliphatic heterocycles. The van der Waals surface area contributed by atoms with Crippen LogP contribution in [0, 0.1) is 5.92 Å². The Bertz CT molecular complexity index is 347. The fourth-order valence-corrected chi connectivity index (χ4v) is 2.52. The SMILES string of the molecule is CC(C)CCNC(N)=NCc1cc(Br)cs1. The van der Waals surface area contributed by atoms with Crippen LogP contribution in [-0.4, -0.2) is 12.5 Å². The highest BCUT2D eigenvalue weighted by Crippen LogP contribution is 2.20. The lowest BCUT2D eigenvalue weighted by Crippen LogP contribution is -2.32. The standard InChI is InChI=1S/C11H18BrN3S/c1-8(2)3-4-14-11(13)15-6-10-5-9(12)7-16-10/h5,7-8H,3-4,6H2,1-2H3,(H3,13,14,15). The topological polar surface area (TPSA) is 50.4 Å².